The maximum atomic E-state index is 14.6. The van der Waals surface area contributed by atoms with Gasteiger partial charge in [-0.2, -0.15) is 0 Å². The van der Waals surface area contributed by atoms with Crippen LogP contribution in [-0.2, 0) is 0 Å². The number of hydrogen-bond acceptors (Lipinski definition) is 5. The number of likely N-dealkylation sites (tertiary alicyclic amines) is 1. The van der Waals surface area contributed by atoms with Crippen molar-refractivity contribution in [3.05, 3.63) is 93.5 Å². The molecule has 2 aliphatic rings. The number of hydrogen-bond donors (Lipinski definition) is 1. The number of aliphatic imine (C=N–C) groups is 1. The molecule has 42 heavy (non-hydrogen) atoms. The van der Waals surface area contributed by atoms with E-state index >= 15 is 0 Å². The highest BCUT2D eigenvalue weighted by Gasteiger charge is 2.45. The SMILES string of the molecule is COc1ccc(C2=NC(c3ccc(Cl)cc3)C(c3ccc(Cl)cc3)N2C(=O)N2CCC(C(C)O)CC2)c(OC(C)C)c1. The van der Waals surface area contributed by atoms with Crippen molar-refractivity contribution in [3.8, 4) is 11.5 Å². The fourth-order valence-corrected chi connectivity index (χ4v) is 6.00. The molecule has 0 saturated carbocycles. The van der Waals surface area contributed by atoms with Gasteiger partial charge >= 0.3 is 6.03 Å². The van der Waals surface area contributed by atoms with Gasteiger partial charge in [-0.1, -0.05) is 47.5 Å². The van der Waals surface area contributed by atoms with Crippen LogP contribution < -0.4 is 9.47 Å². The van der Waals surface area contributed by atoms with Crippen molar-refractivity contribution in [1.82, 2.24) is 9.80 Å². The summed E-state index contributed by atoms with van der Waals surface area (Å²) in [5, 5.41) is 11.4. The third-order valence-corrected chi connectivity index (χ3v) is 8.48. The van der Waals surface area contributed by atoms with E-state index in [0.717, 1.165) is 24.0 Å². The van der Waals surface area contributed by atoms with Crippen molar-refractivity contribution in [2.24, 2.45) is 10.9 Å². The summed E-state index contributed by atoms with van der Waals surface area (Å²) in [5.74, 6) is 1.92. The number of methoxy groups -OCH3 is 1. The smallest absolute Gasteiger partial charge is 0.326 e. The first-order chi connectivity index (χ1) is 20.2. The molecule has 0 radical (unpaired) electrons. The lowest BCUT2D eigenvalue weighted by Gasteiger charge is -2.38. The first-order valence-electron chi connectivity index (χ1n) is 14.4. The molecule has 3 aromatic rings. The Morgan fingerprint density at radius 1 is 0.929 bits per heavy atom. The highest BCUT2D eigenvalue weighted by atomic mass is 35.5. The van der Waals surface area contributed by atoms with Gasteiger partial charge in [-0.05, 0) is 87.1 Å². The molecular weight excluding hydrogens is 573 g/mol. The van der Waals surface area contributed by atoms with Crippen LogP contribution in [0.25, 0.3) is 0 Å². The number of aliphatic hydroxyl groups is 1. The maximum Gasteiger partial charge on any atom is 0.326 e. The summed E-state index contributed by atoms with van der Waals surface area (Å²) in [7, 11) is 1.61. The molecule has 9 heteroatoms. The Bertz CT molecular complexity index is 1420. The lowest BCUT2D eigenvalue weighted by molar-refractivity contribution is 0.0741. The van der Waals surface area contributed by atoms with E-state index < -0.39 is 18.2 Å². The summed E-state index contributed by atoms with van der Waals surface area (Å²) in [6, 6.07) is 19.8. The number of benzene rings is 3. The molecule has 2 aliphatic heterocycles. The van der Waals surface area contributed by atoms with E-state index in [-0.39, 0.29) is 18.1 Å². The number of amides is 2. The molecule has 5 rings (SSSR count). The summed E-state index contributed by atoms with van der Waals surface area (Å²) < 4.78 is 11.8. The first kappa shape index (κ1) is 30.2. The molecule has 7 nitrogen and oxygen atoms in total. The maximum absolute atomic E-state index is 14.6. The van der Waals surface area contributed by atoms with Crippen LogP contribution in [-0.4, -0.2) is 59.2 Å². The molecule has 3 unspecified atom stereocenters. The quantitative estimate of drug-likeness (QED) is 0.300. The largest absolute Gasteiger partial charge is 0.497 e. The van der Waals surface area contributed by atoms with Crippen molar-refractivity contribution >= 4 is 35.1 Å². The average Bonchev–Trinajstić information content (AvgIpc) is 3.37. The monoisotopic (exact) mass is 609 g/mol. The summed E-state index contributed by atoms with van der Waals surface area (Å²) in [4.78, 5) is 23.5. The number of carbonyl (C=O) groups excluding carboxylic acids is 1. The molecule has 0 aliphatic carbocycles. The van der Waals surface area contributed by atoms with Crippen molar-refractivity contribution in [2.75, 3.05) is 20.2 Å². The predicted octanol–water partition coefficient (Wildman–Crippen LogP) is 7.55. The van der Waals surface area contributed by atoms with E-state index in [1.807, 2.05) is 92.4 Å². The number of carbonyl (C=O) groups is 1. The molecule has 0 spiro atoms. The van der Waals surface area contributed by atoms with Crippen LogP contribution >= 0.6 is 23.2 Å². The number of amidine groups is 1. The standard InChI is InChI=1S/C33H37Cl2N3O4/c1-20(2)42-29-19-27(41-4)13-14-28(29)32-36-30(23-5-9-25(34)10-6-23)31(24-7-11-26(35)12-8-24)38(32)33(40)37-17-15-22(16-18-37)21(3)39/h5-14,19-22,30-31,39H,15-18H2,1-4H3. The summed E-state index contributed by atoms with van der Waals surface area (Å²) >= 11 is 12.5. The average molecular weight is 611 g/mol. The zero-order valence-electron chi connectivity index (χ0n) is 24.3. The van der Waals surface area contributed by atoms with E-state index in [1.54, 1.807) is 12.0 Å². The zero-order valence-corrected chi connectivity index (χ0v) is 25.8. The van der Waals surface area contributed by atoms with Gasteiger partial charge in [0.2, 0.25) is 0 Å². The minimum Gasteiger partial charge on any atom is -0.497 e. The Balaban J connectivity index is 1.66. The number of piperidine rings is 1. The van der Waals surface area contributed by atoms with Crippen LogP contribution in [0.15, 0.2) is 71.7 Å². The third-order valence-electron chi connectivity index (χ3n) is 7.98. The van der Waals surface area contributed by atoms with Crippen LogP contribution in [0.3, 0.4) is 0 Å². The van der Waals surface area contributed by atoms with Crippen molar-refractivity contribution < 1.29 is 19.4 Å². The minimum absolute atomic E-state index is 0.111. The molecule has 1 N–H and O–H groups in total. The highest BCUT2D eigenvalue weighted by Crippen LogP contribution is 2.46. The van der Waals surface area contributed by atoms with Gasteiger partial charge in [0.25, 0.3) is 0 Å². The van der Waals surface area contributed by atoms with Gasteiger partial charge in [0.15, 0.2) is 0 Å². The molecule has 2 amide bonds. The molecular formula is C33H37Cl2N3O4. The van der Waals surface area contributed by atoms with Gasteiger partial charge in [0.1, 0.15) is 23.4 Å². The second-order valence-electron chi connectivity index (χ2n) is 11.2. The summed E-state index contributed by atoms with van der Waals surface area (Å²) in [5.41, 5.74) is 2.54. The predicted molar refractivity (Wildman–Crippen MR) is 167 cm³/mol. The molecule has 0 bridgehead atoms. The second kappa shape index (κ2) is 12.9. The van der Waals surface area contributed by atoms with Crippen LogP contribution in [0.5, 0.6) is 11.5 Å². The van der Waals surface area contributed by atoms with E-state index in [0.29, 0.717) is 46.0 Å². The van der Waals surface area contributed by atoms with Gasteiger partial charge in [-0.15, -0.1) is 0 Å². The molecule has 2 heterocycles. The van der Waals surface area contributed by atoms with Crippen LogP contribution in [0.1, 0.15) is 62.4 Å². The molecule has 0 aromatic heterocycles. The van der Waals surface area contributed by atoms with Crippen LogP contribution in [0, 0.1) is 5.92 Å². The fraction of sp³-hybridized carbons (Fsp3) is 0.394. The molecule has 1 saturated heterocycles. The molecule has 3 aromatic carbocycles. The normalized spacial score (nSPS) is 20.0. The number of ether oxygens (including phenoxy) is 2. The van der Waals surface area contributed by atoms with E-state index in [4.69, 9.17) is 37.7 Å². The molecule has 3 atom stereocenters. The van der Waals surface area contributed by atoms with Gasteiger partial charge in [-0.3, -0.25) is 9.89 Å². The summed E-state index contributed by atoms with van der Waals surface area (Å²) in [6.45, 7) is 6.84. The Labute approximate surface area is 257 Å². The van der Waals surface area contributed by atoms with Gasteiger partial charge in [0.05, 0.1) is 30.9 Å². The van der Waals surface area contributed by atoms with Gasteiger partial charge < -0.3 is 19.5 Å². The lowest BCUT2D eigenvalue weighted by Crippen LogP contribution is -2.50. The van der Waals surface area contributed by atoms with E-state index in [2.05, 4.69) is 0 Å². The van der Waals surface area contributed by atoms with Gasteiger partial charge in [0, 0.05) is 29.2 Å². The van der Waals surface area contributed by atoms with Crippen molar-refractivity contribution in [2.45, 2.75) is 57.9 Å². The number of nitrogens with zero attached hydrogens (tertiary/aromatic N) is 3. The molecule has 222 valence electrons. The number of aliphatic hydroxyl groups excluding tert-OH is 1. The van der Waals surface area contributed by atoms with Gasteiger partial charge in [-0.25, -0.2) is 4.79 Å². The Morgan fingerprint density at radius 2 is 1.52 bits per heavy atom. The van der Waals surface area contributed by atoms with E-state index in [1.165, 1.54) is 0 Å². The first-order valence-corrected chi connectivity index (χ1v) is 15.1. The fourth-order valence-electron chi connectivity index (χ4n) is 5.75. The van der Waals surface area contributed by atoms with Crippen LogP contribution in [0.2, 0.25) is 10.0 Å². The van der Waals surface area contributed by atoms with E-state index in [9.17, 15) is 9.90 Å². The number of halogens is 2. The Hall–Kier alpha value is -3.26. The lowest BCUT2D eigenvalue weighted by atomic mass is 9.92. The van der Waals surface area contributed by atoms with Crippen molar-refractivity contribution in [1.29, 1.82) is 0 Å². The second-order valence-corrected chi connectivity index (χ2v) is 12.1. The molecule has 1 fully saturated rings. The minimum atomic E-state index is -0.450. The Kier molecular flexibility index (Phi) is 9.31. The number of rotatable bonds is 7. The number of urea groups is 1. The van der Waals surface area contributed by atoms with Crippen LogP contribution in [0.4, 0.5) is 4.79 Å². The highest BCUT2D eigenvalue weighted by molar-refractivity contribution is 6.30. The Morgan fingerprint density at radius 3 is 2.07 bits per heavy atom. The zero-order chi connectivity index (χ0) is 30.0. The third kappa shape index (κ3) is 6.38. The topological polar surface area (TPSA) is 74.6 Å². The summed E-state index contributed by atoms with van der Waals surface area (Å²) in [6.07, 6.45) is 0.957. The van der Waals surface area contributed by atoms with Crippen molar-refractivity contribution in [3.63, 3.8) is 0 Å².